The minimum absolute atomic E-state index is 0.365. The summed E-state index contributed by atoms with van der Waals surface area (Å²) in [6.45, 7) is 2.75. The van der Waals surface area contributed by atoms with Crippen LogP contribution < -0.4 is 10.1 Å². The van der Waals surface area contributed by atoms with Crippen LogP contribution in [0.1, 0.15) is 6.42 Å². The molecule has 1 aromatic rings. The van der Waals surface area contributed by atoms with Gasteiger partial charge in [0.05, 0.1) is 6.61 Å². The Bertz CT molecular complexity index is 302. The molecule has 4 nitrogen and oxygen atoms in total. The van der Waals surface area contributed by atoms with Crippen LogP contribution in [-0.2, 0) is 0 Å². The number of halogens is 1. The summed E-state index contributed by atoms with van der Waals surface area (Å²) in [5.41, 5.74) is 0. The fraction of sp³-hybridized carbons (Fsp3) is 0.556. The Balaban J connectivity index is 1.85. The van der Waals surface area contributed by atoms with Crippen molar-refractivity contribution in [1.82, 2.24) is 15.3 Å². The molecular weight excluding hydrogens is 202 g/mol. The summed E-state index contributed by atoms with van der Waals surface area (Å²) >= 11 is 5.70. The summed E-state index contributed by atoms with van der Waals surface area (Å²) in [5.74, 6) is 0.567. The van der Waals surface area contributed by atoms with Gasteiger partial charge in [-0.2, -0.15) is 4.98 Å². The van der Waals surface area contributed by atoms with Crippen LogP contribution in [0.25, 0.3) is 0 Å². The molecule has 14 heavy (non-hydrogen) atoms. The minimum atomic E-state index is 0.365. The second kappa shape index (κ2) is 4.57. The van der Waals surface area contributed by atoms with Gasteiger partial charge >= 0.3 is 6.01 Å². The van der Waals surface area contributed by atoms with E-state index >= 15 is 0 Å². The Hall–Kier alpha value is -0.870. The zero-order valence-corrected chi connectivity index (χ0v) is 8.50. The molecule has 1 aromatic heterocycles. The summed E-state index contributed by atoms with van der Waals surface area (Å²) in [7, 11) is 0. The molecule has 2 rings (SSSR count). The largest absolute Gasteiger partial charge is 0.463 e. The summed E-state index contributed by atoms with van der Waals surface area (Å²) < 4.78 is 5.42. The van der Waals surface area contributed by atoms with E-state index in [1.54, 1.807) is 12.3 Å². The number of rotatable bonds is 3. The smallest absolute Gasteiger partial charge is 0.317 e. The lowest BCUT2D eigenvalue weighted by molar-refractivity contribution is 0.241. The fourth-order valence-corrected chi connectivity index (χ4v) is 1.57. The number of aromatic nitrogens is 2. The number of hydrogen-bond donors (Lipinski definition) is 1. The SMILES string of the molecule is Clc1ccnc(OC[C@H]2CCNC2)n1. The molecule has 1 aliphatic heterocycles. The molecule has 0 saturated carbocycles. The molecule has 0 amide bonds. The monoisotopic (exact) mass is 213 g/mol. The van der Waals surface area contributed by atoms with Gasteiger partial charge in [0.25, 0.3) is 0 Å². The van der Waals surface area contributed by atoms with Gasteiger partial charge in [-0.15, -0.1) is 0 Å². The lowest BCUT2D eigenvalue weighted by atomic mass is 10.1. The molecule has 0 aliphatic carbocycles. The zero-order valence-electron chi connectivity index (χ0n) is 7.74. The lowest BCUT2D eigenvalue weighted by Crippen LogP contribution is -2.16. The summed E-state index contributed by atoms with van der Waals surface area (Å²) in [6.07, 6.45) is 2.75. The molecule has 2 heterocycles. The van der Waals surface area contributed by atoms with Crippen LogP contribution in [0.15, 0.2) is 12.3 Å². The topological polar surface area (TPSA) is 47.0 Å². The highest BCUT2D eigenvalue weighted by molar-refractivity contribution is 6.29. The van der Waals surface area contributed by atoms with E-state index in [0.717, 1.165) is 19.5 Å². The van der Waals surface area contributed by atoms with Gasteiger partial charge in [0.15, 0.2) is 0 Å². The minimum Gasteiger partial charge on any atom is -0.463 e. The highest BCUT2D eigenvalue weighted by Gasteiger charge is 2.15. The Morgan fingerprint density at radius 3 is 3.29 bits per heavy atom. The van der Waals surface area contributed by atoms with Gasteiger partial charge in [0.1, 0.15) is 5.15 Å². The molecule has 0 radical (unpaired) electrons. The van der Waals surface area contributed by atoms with Gasteiger partial charge in [-0.3, -0.25) is 0 Å². The maximum atomic E-state index is 5.70. The molecule has 1 saturated heterocycles. The Morgan fingerprint density at radius 2 is 2.57 bits per heavy atom. The van der Waals surface area contributed by atoms with E-state index in [2.05, 4.69) is 15.3 Å². The molecule has 1 atom stereocenters. The van der Waals surface area contributed by atoms with E-state index in [1.807, 2.05) is 0 Å². The molecule has 1 N–H and O–H groups in total. The van der Waals surface area contributed by atoms with Crippen LogP contribution >= 0.6 is 11.6 Å². The van der Waals surface area contributed by atoms with Crippen LogP contribution in [0.4, 0.5) is 0 Å². The number of nitrogens with one attached hydrogen (secondary N) is 1. The fourth-order valence-electron chi connectivity index (χ4n) is 1.44. The first-order chi connectivity index (χ1) is 6.84. The first kappa shape index (κ1) is 9.68. The van der Waals surface area contributed by atoms with E-state index in [-0.39, 0.29) is 0 Å². The lowest BCUT2D eigenvalue weighted by Gasteiger charge is -2.08. The van der Waals surface area contributed by atoms with Gasteiger partial charge in [0, 0.05) is 18.7 Å². The molecule has 5 heteroatoms. The van der Waals surface area contributed by atoms with Crippen LogP contribution in [-0.4, -0.2) is 29.7 Å². The third kappa shape index (κ3) is 2.56. The van der Waals surface area contributed by atoms with Crippen molar-refractivity contribution >= 4 is 11.6 Å². The van der Waals surface area contributed by atoms with E-state index in [0.29, 0.717) is 23.7 Å². The van der Waals surface area contributed by atoms with Crippen molar-refractivity contribution in [3.05, 3.63) is 17.4 Å². The Kier molecular flexibility index (Phi) is 3.16. The van der Waals surface area contributed by atoms with Crippen molar-refractivity contribution in [2.75, 3.05) is 19.7 Å². The molecule has 0 unspecified atom stereocenters. The number of nitrogens with zero attached hydrogens (tertiary/aromatic N) is 2. The average Bonchev–Trinajstić information content (AvgIpc) is 2.67. The standard InChI is InChI=1S/C9H12ClN3O/c10-8-2-4-12-9(13-8)14-6-7-1-3-11-5-7/h2,4,7,11H,1,3,5-6H2/t7-/m0/s1. The molecule has 1 aliphatic rings. The van der Waals surface area contributed by atoms with Crippen LogP contribution in [0, 0.1) is 5.92 Å². The predicted octanol–water partition coefficient (Wildman–Crippen LogP) is 1.12. The molecule has 1 fully saturated rings. The molecule has 0 spiro atoms. The van der Waals surface area contributed by atoms with Gasteiger partial charge in [0.2, 0.25) is 0 Å². The predicted molar refractivity (Wildman–Crippen MR) is 53.5 cm³/mol. The van der Waals surface area contributed by atoms with E-state index in [9.17, 15) is 0 Å². The van der Waals surface area contributed by atoms with Crippen molar-refractivity contribution in [3.8, 4) is 6.01 Å². The normalized spacial score (nSPS) is 21.1. The van der Waals surface area contributed by atoms with Crippen LogP contribution in [0.5, 0.6) is 6.01 Å². The van der Waals surface area contributed by atoms with Crippen molar-refractivity contribution in [2.24, 2.45) is 5.92 Å². The quantitative estimate of drug-likeness (QED) is 0.765. The van der Waals surface area contributed by atoms with Gasteiger partial charge in [-0.25, -0.2) is 4.98 Å². The number of ether oxygens (including phenoxy) is 1. The maximum absolute atomic E-state index is 5.70. The third-order valence-corrected chi connectivity index (χ3v) is 2.42. The summed E-state index contributed by atoms with van der Waals surface area (Å²) in [5, 5.41) is 3.69. The molecule has 0 aromatic carbocycles. The zero-order chi connectivity index (χ0) is 9.80. The maximum Gasteiger partial charge on any atom is 0.317 e. The van der Waals surface area contributed by atoms with Crippen molar-refractivity contribution < 1.29 is 4.74 Å². The van der Waals surface area contributed by atoms with E-state index < -0.39 is 0 Å². The Labute approximate surface area is 87.7 Å². The second-order valence-corrected chi connectivity index (χ2v) is 3.72. The molecule has 0 bridgehead atoms. The van der Waals surface area contributed by atoms with Crippen LogP contribution in [0.2, 0.25) is 5.15 Å². The Morgan fingerprint density at radius 1 is 1.64 bits per heavy atom. The molecular formula is C9H12ClN3O. The third-order valence-electron chi connectivity index (χ3n) is 2.21. The summed E-state index contributed by atoms with van der Waals surface area (Å²) in [4.78, 5) is 7.91. The summed E-state index contributed by atoms with van der Waals surface area (Å²) in [6, 6.07) is 2.00. The van der Waals surface area contributed by atoms with E-state index in [1.165, 1.54) is 0 Å². The number of hydrogen-bond acceptors (Lipinski definition) is 4. The first-order valence-corrected chi connectivity index (χ1v) is 5.04. The van der Waals surface area contributed by atoms with Gasteiger partial charge < -0.3 is 10.1 Å². The van der Waals surface area contributed by atoms with Crippen molar-refractivity contribution in [3.63, 3.8) is 0 Å². The first-order valence-electron chi connectivity index (χ1n) is 4.66. The van der Waals surface area contributed by atoms with Crippen LogP contribution in [0.3, 0.4) is 0 Å². The highest BCUT2D eigenvalue weighted by atomic mass is 35.5. The highest BCUT2D eigenvalue weighted by Crippen LogP contribution is 2.11. The van der Waals surface area contributed by atoms with Gasteiger partial charge in [-0.1, -0.05) is 11.6 Å². The van der Waals surface area contributed by atoms with Crippen molar-refractivity contribution in [2.45, 2.75) is 6.42 Å². The van der Waals surface area contributed by atoms with Gasteiger partial charge in [-0.05, 0) is 19.0 Å². The van der Waals surface area contributed by atoms with E-state index in [4.69, 9.17) is 16.3 Å². The molecule has 76 valence electrons. The van der Waals surface area contributed by atoms with Crippen molar-refractivity contribution in [1.29, 1.82) is 0 Å². The second-order valence-electron chi connectivity index (χ2n) is 3.33. The average molecular weight is 214 g/mol.